The van der Waals surface area contributed by atoms with E-state index in [2.05, 4.69) is 29.7 Å². The predicted octanol–water partition coefficient (Wildman–Crippen LogP) is 5.02. The zero-order valence-corrected chi connectivity index (χ0v) is 19.6. The van der Waals surface area contributed by atoms with Crippen molar-refractivity contribution in [2.75, 3.05) is 10.7 Å². The molecule has 0 spiro atoms. The van der Waals surface area contributed by atoms with Gasteiger partial charge in [-0.3, -0.25) is 10.2 Å². The maximum atomic E-state index is 12.9. The second-order valence-electron chi connectivity index (χ2n) is 9.08. The molecule has 9 nitrogen and oxygen atoms in total. The lowest BCUT2D eigenvalue weighted by Crippen LogP contribution is -2.29. The Balaban J connectivity index is 1.55. The van der Waals surface area contributed by atoms with Gasteiger partial charge in [0.15, 0.2) is 11.5 Å². The van der Waals surface area contributed by atoms with Crippen LogP contribution >= 0.6 is 0 Å². The third-order valence-corrected chi connectivity index (χ3v) is 6.09. The van der Waals surface area contributed by atoms with E-state index in [1.807, 2.05) is 18.2 Å². The van der Waals surface area contributed by atoms with Crippen LogP contribution in [0.3, 0.4) is 0 Å². The van der Waals surface area contributed by atoms with Crippen molar-refractivity contribution in [3.63, 3.8) is 0 Å². The largest absolute Gasteiger partial charge is 0.505 e. The van der Waals surface area contributed by atoms with Gasteiger partial charge in [0, 0.05) is 5.69 Å². The summed E-state index contributed by atoms with van der Waals surface area (Å²) in [4.78, 5) is 24.0. The van der Waals surface area contributed by atoms with E-state index < -0.39 is 11.9 Å². The molecule has 0 unspecified atom stereocenters. The first-order chi connectivity index (χ1) is 16.6. The van der Waals surface area contributed by atoms with E-state index in [0.29, 0.717) is 5.69 Å². The fraction of sp³-hybridized carbons (Fsp3) is 0.231. The Kier molecular flexibility index (Phi) is 6.17. The van der Waals surface area contributed by atoms with E-state index in [4.69, 9.17) is 14.9 Å². The van der Waals surface area contributed by atoms with Crippen LogP contribution in [0.5, 0.6) is 5.75 Å². The van der Waals surface area contributed by atoms with Gasteiger partial charge in [0.25, 0.3) is 5.91 Å². The number of aryl methyl sites for hydroxylation is 1. The Hall–Kier alpha value is -4.40. The molecule has 1 aliphatic carbocycles. The lowest BCUT2D eigenvalue weighted by Gasteiger charge is -2.19. The minimum Gasteiger partial charge on any atom is -0.505 e. The van der Waals surface area contributed by atoms with E-state index >= 15 is 0 Å². The van der Waals surface area contributed by atoms with Crippen LogP contribution < -0.4 is 10.7 Å². The van der Waals surface area contributed by atoms with Crippen LogP contribution in [0, 0.1) is 5.41 Å². The number of nitrogens with zero attached hydrogens (tertiary/aromatic N) is 1. The van der Waals surface area contributed by atoms with E-state index in [1.165, 1.54) is 36.2 Å². The average molecular weight is 475 g/mol. The molecule has 0 saturated carbocycles. The molecule has 0 atom stereocenters. The summed E-state index contributed by atoms with van der Waals surface area (Å²) in [5.74, 6) is -2.13. The van der Waals surface area contributed by atoms with Crippen LogP contribution in [-0.4, -0.2) is 33.5 Å². The molecule has 180 valence electrons. The van der Waals surface area contributed by atoms with Crippen LogP contribution in [0.1, 0.15) is 48.9 Å². The SMILES string of the molecule is CC(=N)/C(=N/Nc1cccc(-c2ccc(C(=O)O)o2)c1O)C(=O)Nc1ccc2c(c1)C(C)(C)CC2. The number of fused-ring (bicyclic) bond motifs is 1. The second kappa shape index (κ2) is 9.09. The molecule has 0 aliphatic heterocycles. The van der Waals surface area contributed by atoms with Gasteiger partial charge in [0.05, 0.1) is 17.0 Å². The van der Waals surface area contributed by atoms with Gasteiger partial charge in [-0.2, -0.15) is 5.10 Å². The van der Waals surface area contributed by atoms with Gasteiger partial charge in [0.1, 0.15) is 5.76 Å². The number of para-hydroxylation sites is 1. The van der Waals surface area contributed by atoms with Gasteiger partial charge in [-0.05, 0) is 72.7 Å². The van der Waals surface area contributed by atoms with E-state index in [1.54, 1.807) is 12.1 Å². The first kappa shape index (κ1) is 23.7. The Morgan fingerprint density at radius 2 is 1.91 bits per heavy atom. The summed E-state index contributed by atoms with van der Waals surface area (Å²) in [5.41, 5.74) is 5.94. The molecule has 35 heavy (non-hydrogen) atoms. The molecule has 1 aliphatic rings. The third-order valence-electron chi connectivity index (χ3n) is 6.09. The summed E-state index contributed by atoms with van der Waals surface area (Å²) in [5, 5.41) is 34.6. The van der Waals surface area contributed by atoms with Gasteiger partial charge >= 0.3 is 5.97 Å². The van der Waals surface area contributed by atoms with Crippen LogP contribution in [0.2, 0.25) is 0 Å². The molecular formula is C26H26N4O5. The number of carbonyl (C=O) groups excluding carboxylic acids is 1. The number of hydrazone groups is 1. The summed E-state index contributed by atoms with van der Waals surface area (Å²) < 4.78 is 5.26. The molecular weight excluding hydrogens is 448 g/mol. The number of nitrogens with one attached hydrogen (secondary N) is 3. The minimum atomic E-state index is -1.22. The molecule has 0 bridgehead atoms. The Bertz CT molecular complexity index is 1370. The van der Waals surface area contributed by atoms with Crippen molar-refractivity contribution in [1.29, 1.82) is 5.41 Å². The third kappa shape index (κ3) is 4.79. The molecule has 1 aromatic heterocycles. The Morgan fingerprint density at radius 1 is 1.14 bits per heavy atom. The first-order valence-corrected chi connectivity index (χ1v) is 11.1. The highest BCUT2D eigenvalue weighted by atomic mass is 16.4. The van der Waals surface area contributed by atoms with Crippen LogP contribution in [0.25, 0.3) is 11.3 Å². The second-order valence-corrected chi connectivity index (χ2v) is 9.08. The Morgan fingerprint density at radius 3 is 2.60 bits per heavy atom. The molecule has 2 aromatic carbocycles. The molecule has 4 rings (SSSR count). The number of hydrogen-bond acceptors (Lipinski definition) is 7. The van der Waals surface area contributed by atoms with Gasteiger partial charge in [0.2, 0.25) is 5.76 Å². The minimum absolute atomic E-state index is 0.0355. The highest BCUT2D eigenvalue weighted by molar-refractivity contribution is 6.67. The fourth-order valence-electron chi connectivity index (χ4n) is 4.13. The number of anilines is 2. The molecule has 1 amide bonds. The van der Waals surface area contributed by atoms with E-state index in [0.717, 1.165) is 12.8 Å². The maximum Gasteiger partial charge on any atom is 0.371 e. The average Bonchev–Trinajstić information content (AvgIpc) is 3.40. The van der Waals surface area contributed by atoms with Crippen molar-refractivity contribution in [3.8, 4) is 17.1 Å². The van der Waals surface area contributed by atoms with Crippen molar-refractivity contribution in [1.82, 2.24) is 0 Å². The Labute approximate surface area is 202 Å². The standard InChI is InChI=1S/C26H26N4O5/c1-14(27)22(24(32)28-16-8-7-15-11-12-26(2,3)18(15)13-16)30-29-19-6-4-5-17(23(19)31)20-9-10-21(35-20)25(33)34/h4-10,13,27,29,31H,11-12H2,1-3H3,(H,28,32)(H,33,34)/b27-14?,30-22-. The van der Waals surface area contributed by atoms with E-state index in [-0.39, 0.29) is 45.4 Å². The number of aromatic carboxylic acids is 1. The molecule has 9 heteroatoms. The summed E-state index contributed by atoms with van der Waals surface area (Å²) in [7, 11) is 0. The number of carboxylic acids is 1. The molecule has 0 radical (unpaired) electrons. The molecule has 1 heterocycles. The summed E-state index contributed by atoms with van der Waals surface area (Å²) in [6.07, 6.45) is 2.05. The maximum absolute atomic E-state index is 12.9. The number of carboxylic acid groups (broad SMARTS) is 1. The summed E-state index contributed by atoms with van der Waals surface area (Å²) in [6.45, 7) is 5.79. The zero-order chi connectivity index (χ0) is 25.3. The first-order valence-electron chi connectivity index (χ1n) is 11.1. The monoisotopic (exact) mass is 474 g/mol. The van der Waals surface area contributed by atoms with Crippen LogP contribution in [0.15, 0.2) is 58.0 Å². The molecule has 0 fully saturated rings. The van der Waals surface area contributed by atoms with Crippen LogP contribution in [0.4, 0.5) is 11.4 Å². The highest BCUT2D eigenvalue weighted by Gasteiger charge is 2.30. The molecule has 5 N–H and O–H groups in total. The van der Waals surface area contributed by atoms with Crippen molar-refractivity contribution < 1.29 is 24.2 Å². The van der Waals surface area contributed by atoms with Crippen molar-refractivity contribution >= 4 is 34.7 Å². The molecule has 0 saturated heterocycles. The van der Waals surface area contributed by atoms with E-state index in [9.17, 15) is 14.7 Å². The van der Waals surface area contributed by atoms with Crippen LogP contribution in [-0.2, 0) is 16.6 Å². The lowest BCUT2D eigenvalue weighted by molar-refractivity contribution is -0.110. The number of carbonyl (C=O) groups is 2. The fourth-order valence-corrected chi connectivity index (χ4v) is 4.13. The number of aromatic hydroxyl groups is 1. The van der Waals surface area contributed by atoms with Gasteiger partial charge in [-0.25, -0.2) is 4.79 Å². The van der Waals surface area contributed by atoms with Gasteiger partial charge in [-0.1, -0.05) is 26.0 Å². The number of phenols is 1. The molecule has 3 aromatic rings. The van der Waals surface area contributed by atoms with Crippen molar-refractivity contribution in [2.24, 2.45) is 5.10 Å². The number of amides is 1. The normalized spacial score (nSPS) is 14.3. The smallest absolute Gasteiger partial charge is 0.371 e. The predicted molar refractivity (Wildman–Crippen MR) is 134 cm³/mol. The summed E-state index contributed by atoms with van der Waals surface area (Å²) in [6, 6.07) is 13.2. The van der Waals surface area contributed by atoms with Crippen molar-refractivity contribution in [2.45, 2.75) is 39.0 Å². The topological polar surface area (TPSA) is 148 Å². The number of rotatable bonds is 7. The van der Waals surface area contributed by atoms with Crippen molar-refractivity contribution in [3.05, 3.63) is 65.4 Å². The zero-order valence-electron chi connectivity index (χ0n) is 19.6. The number of phenolic OH excluding ortho intramolecular Hbond substituents is 1. The number of furan rings is 1. The quantitative estimate of drug-likeness (QED) is 0.184. The number of benzene rings is 2. The summed E-state index contributed by atoms with van der Waals surface area (Å²) >= 11 is 0. The lowest BCUT2D eigenvalue weighted by atomic mass is 9.86. The van der Waals surface area contributed by atoms with Gasteiger partial charge in [-0.15, -0.1) is 0 Å². The number of hydrogen-bond donors (Lipinski definition) is 5. The van der Waals surface area contributed by atoms with Gasteiger partial charge < -0.3 is 25.4 Å². The highest BCUT2D eigenvalue weighted by Crippen LogP contribution is 2.39.